The summed E-state index contributed by atoms with van der Waals surface area (Å²) >= 11 is 0. The van der Waals surface area contributed by atoms with Gasteiger partial charge in [-0.05, 0) is 12.8 Å². The monoisotopic (exact) mass is 734 g/mol. The first-order valence-corrected chi connectivity index (χ1v) is 22.2. The normalized spacial score (nSPS) is 14.4. The maximum atomic E-state index is 13.1. The van der Waals surface area contributed by atoms with E-state index in [2.05, 4.69) is 13.8 Å². The van der Waals surface area contributed by atoms with Gasteiger partial charge in [0.2, 0.25) is 0 Å². The lowest BCUT2D eigenvalue weighted by Crippen LogP contribution is -2.45. The van der Waals surface area contributed by atoms with Crippen LogP contribution in [0.2, 0.25) is 0 Å². The Morgan fingerprint density at radius 1 is 0.620 bits per heavy atom. The summed E-state index contributed by atoms with van der Waals surface area (Å²) in [6, 6.07) is 0. The second kappa shape index (κ2) is 32.8. The van der Waals surface area contributed by atoms with Gasteiger partial charge in [-0.3, -0.25) is 14.2 Å². The van der Waals surface area contributed by atoms with Crippen LogP contribution in [0.1, 0.15) is 194 Å². The highest BCUT2D eigenvalue weighted by Gasteiger charge is 2.30. The van der Waals surface area contributed by atoms with Crippen LogP contribution in [0, 0.1) is 0 Å². The Labute approximate surface area is 308 Å². The Balaban J connectivity index is 4.31. The van der Waals surface area contributed by atoms with Crippen LogP contribution in [-0.4, -0.2) is 74.5 Å². The largest absolute Gasteiger partial charge is 0.756 e. The van der Waals surface area contributed by atoms with Crippen LogP contribution in [0.3, 0.4) is 0 Å². The number of hydrogen-bond donors (Lipinski definition) is 1. The Morgan fingerprint density at radius 3 is 1.34 bits per heavy atom. The molecule has 0 heterocycles. The molecule has 9 nitrogen and oxygen atoms in total. The molecular formula is C40H80NO8P. The number of hydrogen-bond acceptors (Lipinski definition) is 8. The third-order valence-electron chi connectivity index (χ3n) is 9.26. The molecule has 0 bridgehead atoms. The third kappa shape index (κ3) is 33.0. The van der Waals surface area contributed by atoms with Crippen molar-refractivity contribution in [3.8, 4) is 0 Å². The summed E-state index contributed by atoms with van der Waals surface area (Å²) in [7, 11) is 0.692. The van der Waals surface area contributed by atoms with Crippen molar-refractivity contribution in [3.63, 3.8) is 0 Å². The number of esters is 1. The van der Waals surface area contributed by atoms with E-state index >= 15 is 0 Å². The third-order valence-corrected chi connectivity index (χ3v) is 10.2. The first-order chi connectivity index (χ1) is 23.9. The summed E-state index contributed by atoms with van der Waals surface area (Å²) in [5.41, 5.74) is 0. The predicted octanol–water partition coefficient (Wildman–Crippen LogP) is 10.00. The molecule has 0 aliphatic heterocycles. The lowest BCUT2D eigenvalue weighted by atomic mass is 10.0. The van der Waals surface area contributed by atoms with Gasteiger partial charge >= 0.3 is 5.97 Å². The van der Waals surface area contributed by atoms with Crippen molar-refractivity contribution in [2.45, 2.75) is 206 Å². The van der Waals surface area contributed by atoms with Gasteiger partial charge in [0.1, 0.15) is 12.6 Å². The van der Waals surface area contributed by atoms with Crippen LogP contribution in [0.5, 0.6) is 0 Å². The van der Waals surface area contributed by atoms with Gasteiger partial charge in [-0.2, -0.15) is 0 Å². The van der Waals surface area contributed by atoms with Gasteiger partial charge in [0, 0.05) is 12.8 Å². The van der Waals surface area contributed by atoms with E-state index in [1.54, 1.807) is 0 Å². The number of ether oxygens (including phenoxy) is 1. The fraction of sp³-hybridized carbons (Fsp3) is 0.950. The Bertz CT molecular complexity index is 850. The van der Waals surface area contributed by atoms with Crippen molar-refractivity contribution < 1.29 is 42.4 Å². The van der Waals surface area contributed by atoms with E-state index in [0.717, 1.165) is 38.5 Å². The second-order valence-corrected chi connectivity index (χ2v) is 16.9. The first kappa shape index (κ1) is 49.2. The van der Waals surface area contributed by atoms with Crippen LogP contribution in [-0.2, 0) is 27.9 Å². The predicted molar refractivity (Wildman–Crippen MR) is 204 cm³/mol. The van der Waals surface area contributed by atoms with Crippen LogP contribution in [0.25, 0.3) is 0 Å². The number of likely N-dealkylation sites (N-methyl/N-ethyl adjacent to an activating group) is 1. The average molecular weight is 734 g/mol. The number of phosphoric acid groups is 1. The van der Waals surface area contributed by atoms with Gasteiger partial charge < -0.3 is 28.3 Å². The lowest BCUT2D eigenvalue weighted by molar-refractivity contribution is -0.872. The Morgan fingerprint density at radius 2 is 0.980 bits per heavy atom. The summed E-state index contributed by atoms with van der Waals surface area (Å²) in [6.45, 7) is 3.51. The maximum absolute atomic E-state index is 13.1. The lowest BCUT2D eigenvalue weighted by Gasteiger charge is -2.32. The van der Waals surface area contributed by atoms with Crippen molar-refractivity contribution in [1.29, 1.82) is 0 Å². The molecule has 50 heavy (non-hydrogen) atoms. The van der Waals surface area contributed by atoms with Gasteiger partial charge in [0.15, 0.2) is 11.9 Å². The van der Waals surface area contributed by atoms with E-state index in [9.17, 15) is 24.2 Å². The molecule has 0 saturated heterocycles. The molecule has 0 saturated carbocycles. The van der Waals surface area contributed by atoms with Gasteiger partial charge in [-0.1, -0.05) is 168 Å². The molecule has 0 aromatic rings. The number of carbonyl (C=O) groups excluding carboxylic acids is 2. The average Bonchev–Trinajstić information content (AvgIpc) is 3.06. The number of nitrogens with zero attached hydrogens (tertiary/aromatic N) is 1. The van der Waals surface area contributed by atoms with Crippen molar-refractivity contribution in [3.05, 3.63) is 0 Å². The molecule has 0 aromatic carbocycles. The highest BCUT2D eigenvalue weighted by Crippen LogP contribution is 2.41. The molecule has 298 valence electrons. The number of rotatable bonds is 38. The maximum Gasteiger partial charge on any atom is 0.306 e. The smallest absolute Gasteiger partial charge is 0.306 e. The summed E-state index contributed by atoms with van der Waals surface area (Å²) in [5, 5.41) is 9.67. The van der Waals surface area contributed by atoms with E-state index in [1.807, 2.05) is 21.1 Å². The fourth-order valence-electron chi connectivity index (χ4n) is 6.19. The van der Waals surface area contributed by atoms with Crippen LogP contribution in [0.4, 0.5) is 0 Å². The van der Waals surface area contributed by atoms with Crippen LogP contribution in [0.15, 0.2) is 0 Å². The molecule has 0 fully saturated rings. The van der Waals surface area contributed by atoms with Gasteiger partial charge in [0.25, 0.3) is 7.82 Å². The van der Waals surface area contributed by atoms with Crippen LogP contribution >= 0.6 is 7.82 Å². The number of unbranched alkanes of at least 4 members (excludes halogenated alkanes) is 24. The topological polar surface area (TPSA) is 122 Å². The summed E-state index contributed by atoms with van der Waals surface area (Å²) in [5.74, 6) is -0.753. The van der Waals surface area contributed by atoms with E-state index in [0.29, 0.717) is 17.3 Å². The highest BCUT2D eigenvalue weighted by atomic mass is 31.2. The van der Waals surface area contributed by atoms with Gasteiger partial charge in [0.05, 0.1) is 34.4 Å². The van der Waals surface area contributed by atoms with E-state index in [4.69, 9.17) is 13.8 Å². The molecule has 0 amide bonds. The summed E-state index contributed by atoms with van der Waals surface area (Å²) < 4.78 is 28.6. The summed E-state index contributed by atoms with van der Waals surface area (Å²) in [6.07, 6.45) is 29.5. The molecule has 1 N–H and O–H groups in total. The Hall–Kier alpha value is -0.830. The fourth-order valence-corrected chi connectivity index (χ4v) is 7.09. The number of quaternary nitrogens is 1. The number of ketones is 1. The molecule has 0 aliphatic carbocycles. The number of Topliss-reactive ketones (excluding diaryl/α,β-unsaturated/α-hetero) is 1. The quantitative estimate of drug-likeness (QED) is 0.0288. The van der Waals surface area contributed by atoms with Gasteiger partial charge in [-0.25, -0.2) is 0 Å². The zero-order valence-electron chi connectivity index (χ0n) is 33.3. The van der Waals surface area contributed by atoms with Crippen LogP contribution < -0.4 is 4.89 Å². The number of aliphatic hydroxyl groups excluding tert-OH is 1. The minimum Gasteiger partial charge on any atom is -0.756 e. The molecule has 10 heteroatoms. The Kier molecular flexibility index (Phi) is 32.2. The van der Waals surface area contributed by atoms with E-state index < -0.39 is 39.2 Å². The highest BCUT2D eigenvalue weighted by molar-refractivity contribution is 7.45. The molecular weight excluding hydrogens is 653 g/mol. The minimum absolute atomic E-state index is 0.171. The summed E-state index contributed by atoms with van der Waals surface area (Å²) in [4.78, 5) is 38.1. The van der Waals surface area contributed by atoms with E-state index in [1.165, 1.54) is 116 Å². The molecule has 0 radical (unpaired) electrons. The molecule has 0 aromatic heterocycles. The minimum atomic E-state index is -4.91. The van der Waals surface area contributed by atoms with Crippen molar-refractivity contribution in [1.82, 2.24) is 0 Å². The molecule has 0 aliphatic rings. The first-order valence-electron chi connectivity index (χ1n) is 20.7. The van der Waals surface area contributed by atoms with E-state index in [-0.39, 0.29) is 25.2 Å². The molecule has 2 unspecified atom stereocenters. The standard InChI is InChI=1S/C40H80NO8P/c1-6-8-10-12-14-16-18-19-20-21-23-24-26-28-30-32-38(43)39(34-41(3,4)5)49-50(45,46)47-36-37(35-42)48-40(44)33-31-29-27-25-22-17-15-13-11-9-7-2/h37,39,42H,6-36H2,1-5H3/t37-,39?/m1/s1. The number of phosphoric ester groups is 1. The zero-order valence-corrected chi connectivity index (χ0v) is 34.2. The van der Waals surface area contributed by atoms with Crippen molar-refractivity contribution in [2.24, 2.45) is 0 Å². The van der Waals surface area contributed by atoms with Gasteiger partial charge in [-0.15, -0.1) is 0 Å². The van der Waals surface area contributed by atoms with Crippen molar-refractivity contribution >= 4 is 19.6 Å². The molecule has 0 rings (SSSR count). The van der Waals surface area contributed by atoms with Crippen molar-refractivity contribution in [2.75, 3.05) is 40.9 Å². The SMILES string of the molecule is CCCCCCCCCCCCCCCCCC(=O)C(C[N+](C)(C)C)OP(=O)([O-])OC[C@@H](CO)OC(=O)CCCCCCCCCCCCC. The number of aliphatic hydroxyl groups is 1. The number of carbonyl (C=O) groups is 2. The molecule has 3 atom stereocenters. The second-order valence-electron chi connectivity index (χ2n) is 15.6. The zero-order chi connectivity index (χ0) is 37.4. The molecule has 0 spiro atoms.